The van der Waals surface area contributed by atoms with Crippen LogP contribution in [0.2, 0.25) is 0 Å². The zero-order valence-corrected chi connectivity index (χ0v) is 16.5. The van der Waals surface area contributed by atoms with E-state index in [9.17, 15) is 9.59 Å². The van der Waals surface area contributed by atoms with E-state index in [1.54, 1.807) is 6.20 Å². The van der Waals surface area contributed by atoms with E-state index in [1.807, 2.05) is 41.3 Å². The van der Waals surface area contributed by atoms with Gasteiger partial charge in [0, 0.05) is 56.5 Å². The second-order valence-corrected chi connectivity index (χ2v) is 7.38. The van der Waals surface area contributed by atoms with E-state index in [-0.39, 0.29) is 11.8 Å². The fourth-order valence-corrected chi connectivity index (χ4v) is 3.76. The highest BCUT2D eigenvalue weighted by atomic mass is 16.5. The molecule has 7 heteroatoms. The van der Waals surface area contributed by atoms with Gasteiger partial charge in [0.15, 0.2) is 0 Å². The molecule has 0 saturated carbocycles. The number of hydrogen-bond acceptors (Lipinski definition) is 5. The lowest BCUT2D eigenvalue weighted by atomic mass is 10.1. The molecule has 4 rings (SSSR count). The first-order chi connectivity index (χ1) is 14.2. The van der Waals surface area contributed by atoms with Crippen molar-refractivity contribution in [3.05, 3.63) is 59.3 Å². The minimum Gasteiger partial charge on any atom is -0.378 e. The summed E-state index contributed by atoms with van der Waals surface area (Å²) in [5.74, 6) is 0.992. The van der Waals surface area contributed by atoms with Crippen molar-refractivity contribution in [3.63, 3.8) is 0 Å². The van der Waals surface area contributed by atoms with E-state index in [4.69, 9.17) is 4.74 Å². The minimum atomic E-state index is -0.120. The number of nitrogens with one attached hydrogen (secondary N) is 1. The van der Waals surface area contributed by atoms with Gasteiger partial charge in [0.1, 0.15) is 5.82 Å². The summed E-state index contributed by atoms with van der Waals surface area (Å²) in [7, 11) is 0. The van der Waals surface area contributed by atoms with Crippen LogP contribution in [0.4, 0.5) is 5.82 Å². The molecule has 2 aliphatic rings. The van der Waals surface area contributed by atoms with Crippen LogP contribution in [0.5, 0.6) is 0 Å². The Labute approximate surface area is 170 Å². The van der Waals surface area contributed by atoms with E-state index in [1.165, 1.54) is 0 Å². The number of carbonyl (C=O) groups excluding carboxylic acids is 2. The zero-order chi connectivity index (χ0) is 20.1. The van der Waals surface area contributed by atoms with E-state index in [0.29, 0.717) is 38.3 Å². The molecule has 152 valence electrons. The Kier molecular flexibility index (Phi) is 6.05. The molecule has 2 aromatic rings. The van der Waals surface area contributed by atoms with Gasteiger partial charge in [-0.2, -0.15) is 0 Å². The molecule has 1 aromatic carbocycles. The number of hydrogen-bond donors (Lipinski definition) is 1. The molecule has 2 amide bonds. The highest BCUT2D eigenvalue weighted by molar-refractivity contribution is 5.94. The Hall–Kier alpha value is -2.93. The summed E-state index contributed by atoms with van der Waals surface area (Å²) in [6, 6.07) is 11.4. The summed E-state index contributed by atoms with van der Waals surface area (Å²) >= 11 is 0. The van der Waals surface area contributed by atoms with Gasteiger partial charge in [0.2, 0.25) is 5.91 Å². The number of amides is 2. The molecule has 29 heavy (non-hydrogen) atoms. The predicted octanol–water partition coefficient (Wildman–Crippen LogP) is 1.97. The summed E-state index contributed by atoms with van der Waals surface area (Å²) in [4.78, 5) is 32.9. The third-order valence-electron chi connectivity index (χ3n) is 5.38. The van der Waals surface area contributed by atoms with Crippen LogP contribution in [-0.4, -0.2) is 54.5 Å². The van der Waals surface area contributed by atoms with Crippen LogP contribution < -0.4 is 10.2 Å². The fraction of sp³-hybridized carbons (Fsp3) is 0.409. The molecule has 0 unspecified atom stereocenters. The summed E-state index contributed by atoms with van der Waals surface area (Å²) in [5.41, 5.74) is 2.64. The third-order valence-corrected chi connectivity index (χ3v) is 5.38. The molecule has 0 spiro atoms. The fourth-order valence-electron chi connectivity index (χ4n) is 3.76. The van der Waals surface area contributed by atoms with Crippen LogP contribution >= 0.6 is 0 Å². The van der Waals surface area contributed by atoms with Gasteiger partial charge in [0.05, 0.1) is 13.2 Å². The van der Waals surface area contributed by atoms with Crippen LogP contribution in [0.1, 0.15) is 34.3 Å². The van der Waals surface area contributed by atoms with Crippen molar-refractivity contribution >= 4 is 17.6 Å². The molecule has 0 atom stereocenters. The molecule has 2 aliphatic heterocycles. The van der Waals surface area contributed by atoms with Gasteiger partial charge in [-0.05, 0) is 30.2 Å². The standard InChI is InChI=1S/C22H26N4O3/c27-20-4-2-10-26(20)16-17-5-7-18(8-6-17)22(28)24-15-19-3-1-9-23-21(19)25-11-13-29-14-12-25/h1,3,5-9H,2,4,10-16H2,(H,24,28). The van der Waals surface area contributed by atoms with Crippen LogP contribution in [0.25, 0.3) is 0 Å². The Balaban J connectivity index is 1.36. The maximum atomic E-state index is 12.6. The number of rotatable bonds is 6. The Morgan fingerprint density at radius 3 is 2.62 bits per heavy atom. The Morgan fingerprint density at radius 2 is 1.90 bits per heavy atom. The summed E-state index contributed by atoms with van der Waals surface area (Å²) in [6.45, 7) is 4.84. The summed E-state index contributed by atoms with van der Waals surface area (Å²) in [6.07, 6.45) is 3.35. The predicted molar refractivity (Wildman–Crippen MR) is 110 cm³/mol. The van der Waals surface area contributed by atoms with Crippen LogP contribution in [-0.2, 0) is 22.6 Å². The van der Waals surface area contributed by atoms with Gasteiger partial charge in [0.25, 0.3) is 5.91 Å². The van der Waals surface area contributed by atoms with Crippen molar-refractivity contribution in [1.29, 1.82) is 0 Å². The third kappa shape index (κ3) is 4.74. The number of aromatic nitrogens is 1. The van der Waals surface area contributed by atoms with Gasteiger partial charge in [-0.15, -0.1) is 0 Å². The maximum Gasteiger partial charge on any atom is 0.251 e. The Bertz CT molecular complexity index is 863. The lowest BCUT2D eigenvalue weighted by molar-refractivity contribution is -0.128. The zero-order valence-electron chi connectivity index (χ0n) is 16.5. The monoisotopic (exact) mass is 394 g/mol. The molecule has 0 bridgehead atoms. The van der Waals surface area contributed by atoms with Crippen molar-refractivity contribution < 1.29 is 14.3 Å². The molecule has 2 saturated heterocycles. The lowest BCUT2D eigenvalue weighted by Gasteiger charge is -2.29. The quantitative estimate of drug-likeness (QED) is 0.811. The number of nitrogens with zero attached hydrogens (tertiary/aromatic N) is 3. The SMILES string of the molecule is O=C(NCc1cccnc1N1CCOCC1)c1ccc(CN2CCCC2=O)cc1. The van der Waals surface area contributed by atoms with Crippen molar-refractivity contribution in [3.8, 4) is 0 Å². The molecular weight excluding hydrogens is 368 g/mol. The number of carbonyl (C=O) groups is 2. The summed E-state index contributed by atoms with van der Waals surface area (Å²) < 4.78 is 5.41. The van der Waals surface area contributed by atoms with Crippen molar-refractivity contribution in [2.45, 2.75) is 25.9 Å². The number of morpholine rings is 1. The van der Waals surface area contributed by atoms with Crippen LogP contribution in [0.15, 0.2) is 42.6 Å². The van der Waals surface area contributed by atoms with Gasteiger partial charge in [-0.25, -0.2) is 4.98 Å². The van der Waals surface area contributed by atoms with E-state index >= 15 is 0 Å². The normalized spacial score (nSPS) is 16.9. The average molecular weight is 394 g/mol. The Morgan fingerprint density at radius 1 is 1.10 bits per heavy atom. The average Bonchev–Trinajstić information content (AvgIpc) is 3.17. The first kappa shape index (κ1) is 19.4. The molecule has 2 fully saturated rings. The molecule has 3 heterocycles. The first-order valence-electron chi connectivity index (χ1n) is 10.1. The van der Waals surface area contributed by atoms with Gasteiger partial charge < -0.3 is 19.9 Å². The van der Waals surface area contributed by atoms with Gasteiger partial charge in [-0.3, -0.25) is 9.59 Å². The molecule has 0 aliphatic carbocycles. The van der Waals surface area contributed by atoms with Crippen molar-refractivity contribution in [2.24, 2.45) is 0 Å². The smallest absolute Gasteiger partial charge is 0.251 e. The van der Waals surface area contributed by atoms with Gasteiger partial charge in [-0.1, -0.05) is 18.2 Å². The molecule has 1 aromatic heterocycles. The maximum absolute atomic E-state index is 12.6. The largest absolute Gasteiger partial charge is 0.378 e. The van der Waals surface area contributed by atoms with Crippen molar-refractivity contribution in [2.75, 3.05) is 37.7 Å². The van der Waals surface area contributed by atoms with Crippen molar-refractivity contribution in [1.82, 2.24) is 15.2 Å². The molecular formula is C22H26N4O3. The van der Waals surface area contributed by atoms with E-state index in [2.05, 4.69) is 15.2 Å². The number of ether oxygens (including phenoxy) is 1. The minimum absolute atomic E-state index is 0.120. The van der Waals surface area contributed by atoms with Crippen LogP contribution in [0.3, 0.4) is 0 Å². The number of anilines is 1. The highest BCUT2D eigenvalue weighted by Crippen LogP contribution is 2.19. The summed E-state index contributed by atoms with van der Waals surface area (Å²) in [5, 5.41) is 2.99. The molecule has 1 N–H and O–H groups in total. The number of pyridine rings is 1. The second kappa shape index (κ2) is 9.05. The van der Waals surface area contributed by atoms with E-state index < -0.39 is 0 Å². The second-order valence-electron chi connectivity index (χ2n) is 7.38. The van der Waals surface area contributed by atoms with Crippen LogP contribution in [0, 0.1) is 0 Å². The molecule has 7 nitrogen and oxygen atoms in total. The number of benzene rings is 1. The topological polar surface area (TPSA) is 74.8 Å². The lowest BCUT2D eigenvalue weighted by Crippen LogP contribution is -2.37. The number of likely N-dealkylation sites (tertiary alicyclic amines) is 1. The first-order valence-corrected chi connectivity index (χ1v) is 10.1. The van der Waals surface area contributed by atoms with E-state index in [0.717, 1.165) is 43.0 Å². The molecule has 0 radical (unpaired) electrons. The van der Waals surface area contributed by atoms with Gasteiger partial charge >= 0.3 is 0 Å². The highest BCUT2D eigenvalue weighted by Gasteiger charge is 2.20.